The summed E-state index contributed by atoms with van der Waals surface area (Å²) in [5.41, 5.74) is 1.04. The van der Waals surface area contributed by atoms with Gasteiger partial charge in [-0.3, -0.25) is 0 Å². The van der Waals surface area contributed by atoms with E-state index in [1.165, 1.54) is 38.2 Å². The molecule has 0 amide bonds. The molecule has 0 heterocycles. The highest BCUT2D eigenvalue weighted by molar-refractivity contribution is 9.10. The second kappa shape index (κ2) is 6.67. The molecule has 0 radical (unpaired) electrons. The number of rotatable bonds is 4. The lowest BCUT2D eigenvalue weighted by Gasteiger charge is -2.27. The SMILES string of the molecule is CN(Cc1cccc(F)c1Br)CC1CCCCC1. The Balaban J connectivity index is 1.90. The quantitative estimate of drug-likeness (QED) is 0.785. The van der Waals surface area contributed by atoms with Crippen LogP contribution in [0, 0.1) is 11.7 Å². The number of hydrogen-bond acceptors (Lipinski definition) is 1. The van der Waals surface area contributed by atoms with E-state index >= 15 is 0 Å². The Kier molecular flexibility index (Phi) is 5.19. The van der Waals surface area contributed by atoms with Crippen LogP contribution in [0.25, 0.3) is 0 Å². The summed E-state index contributed by atoms with van der Waals surface area (Å²) in [5, 5.41) is 0. The third kappa shape index (κ3) is 3.79. The van der Waals surface area contributed by atoms with Crippen molar-refractivity contribution in [2.45, 2.75) is 38.6 Å². The Bertz CT molecular complexity index is 388. The van der Waals surface area contributed by atoms with E-state index in [0.29, 0.717) is 4.47 Å². The van der Waals surface area contributed by atoms with E-state index in [1.54, 1.807) is 6.07 Å². The first-order valence-corrected chi connectivity index (χ1v) is 7.57. The molecule has 0 aromatic heterocycles. The van der Waals surface area contributed by atoms with Crippen molar-refractivity contribution in [1.82, 2.24) is 4.90 Å². The maximum Gasteiger partial charge on any atom is 0.137 e. The van der Waals surface area contributed by atoms with Gasteiger partial charge in [0.2, 0.25) is 0 Å². The summed E-state index contributed by atoms with van der Waals surface area (Å²) in [4.78, 5) is 2.32. The zero-order valence-corrected chi connectivity index (χ0v) is 12.5. The van der Waals surface area contributed by atoms with Crippen molar-refractivity contribution in [1.29, 1.82) is 0 Å². The molecule has 1 aliphatic rings. The van der Waals surface area contributed by atoms with Crippen molar-refractivity contribution in [2.24, 2.45) is 5.92 Å². The van der Waals surface area contributed by atoms with Gasteiger partial charge < -0.3 is 4.90 Å². The Morgan fingerprint density at radius 1 is 1.28 bits per heavy atom. The Morgan fingerprint density at radius 2 is 2.00 bits per heavy atom. The molecule has 1 aliphatic carbocycles. The molecule has 0 atom stereocenters. The summed E-state index contributed by atoms with van der Waals surface area (Å²) < 4.78 is 14.0. The highest BCUT2D eigenvalue weighted by Gasteiger charge is 2.16. The smallest absolute Gasteiger partial charge is 0.137 e. The van der Waals surface area contributed by atoms with Gasteiger partial charge in [-0.25, -0.2) is 4.39 Å². The van der Waals surface area contributed by atoms with Crippen LogP contribution in [0.2, 0.25) is 0 Å². The van der Waals surface area contributed by atoms with Gasteiger partial charge >= 0.3 is 0 Å². The van der Waals surface area contributed by atoms with Crippen LogP contribution < -0.4 is 0 Å². The average Bonchev–Trinajstić information content (AvgIpc) is 2.36. The molecule has 1 nitrogen and oxygen atoms in total. The van der Waals surface area contributed by atoms with Gasteiger partial charge in [0.05, 0.1) is 4.47 Å². The molecule has 0 unspecified atom stereocenters. The van der Waals surface area contributed by atoms with Crippen molar-refractivity contribution in [3.05, 3.63) is 34.1 Å². The van der Waals surface area contributed by atoms with Gasteiger partial charge in [0.15, 0.2) is 0 Å². The predicted molar refractivity (Wildman–Crippen MR) is 77.0 cm³/mol. The molecule has 100 valence electrons. The van der Waals surface area contributed by atoms with Crippen molar-refractivity contribution in [3.63, 3.8) is 0 Å². The first-order valence-electron chi connectivity index (χ1n) is 6.78. The van der Waals surface area contributed by atoms with Gasteiger partial charge in [-0.15, -0.1) is 0 Å². The van der Waals surface area contributed by atoms with Crippen LogP contribution in [0.15, 0.2) is 22.7 Å². The highest BCUT2D eigenvalue weighted by Crippen LogP contribution is 2.26. The highest BCUT2D eigenvalue weighted by atomic mass is 79.9. The van der Waals surface area contributed by atoms with Crippen molar-refractivity contribution in [2.75, 3.05) is 13.6 Å². The summed E-state index contributed by atoms with van der Waals surface area (Å²) in [5.74, 6) is 0.662. The second-order valence-electron chi connectivity index (χ2n) is 5.41. The monoisotopic (exact) mass is 313 g/mol. The van der Waals surface area contributed by atoms with Gasteiger partial charge in [-0.2, -0.15) is 0 Å². The minimum atomic E-state index is -0.168. The fraction of sp³-hybridized carbons (Fsp3) is 0.600. The van der Waals surface area contributed by atoms with Gasteiger partial charge in [0.1, 0.15) is 5.82 Å². The van der Waals surface area contributed by atoms with Crippen LogP contribution >= 0.6 is 15.9 Å². The maximum atomic E-state index is 13.4. The standard InChI is InChI=1S/C15H21BrFN/c1-18(10-12-6-3-2-4-7-12)11-13-8-5-9-14(17)15(13)16/h5,8-9,12H,2-4,6-7,10-11H2,1H3. The minimum absolute atomic E-state index is 0.168. The summed E-state index contributed by atoms with van der Waals surface area (Å²) in [7, 11) is 2.13. The molecule has 0 N–H and O–H groups in total. The average molecular weight is 314 g/mol. The second-order valence-corrected chi connectivity index (χ2v) is 6.21. The topological polar surface area (TPSA) is 3.24 Å². The predicted octanol–water partition coefficient (Wildman–Crippen LogP) is 4.60. The molecule has 3 heteroatoms. The molecule has 1 aromatic carbocycles. The normalized spacial score (nSPS) is 17.3. The molecule has 1 fully saturated rings. The number of benzene rings is 1. The minimum Gasteiger partial charge on any atom is -0.302 e. The van der Waals surface area contributed by atoms with Gasteiger partial charge in [-0.05, 0) is 53.4 Å². The first-order chi connectivity index (χ1) is 8.66. The molecule has 1 aromatic rings. The van der Waals surface area contributed by atoms with Crippen molar-refractivity contribution in [3.8, 4) is 0 Å². The van der Waals surface area contributed by atoms with Gasteiger partial charge in [-0.1, -0.05) is 31.4 Å². The van der Waals surface area contributed by atoms with Gasteiger partial charge in [0.25, 0.3) is 0 Å². The molecule has 1 saturated carbocycles. The van der Waals surface area contributed by atoms with Crippen molar-refractivity contribution >= 4 is 15.9 Å². The summed E-state index contributed by atoms with van der Waals surface area (Å²) in [6.07, 6.45) is 6.86. The summed E-state index contributed by atoms with van der Waals surface area (Å²) >= 11 is 3.33. The number of halogens is 2. The summed E-state index contributed by atoms with van der Waals surface area (Å²) in [6.45, 7) is 1.94. The lowest BCUT2D eigenvalue weighted by molar-refractivity contribution is 0.227. The molecule has 0 saturated heterocycles. The first kappa shape index (κ1) is 14.0. The molecule has 0 bridgehead atoms. The molecule has 2 rings (SSSR count). The molecular formula is C15H21BrFN. The maximum absolute atomic E-state index is 13.4. The lowest BCUT2D eigenvalue weighted by atomic mass is 9.89. The third-order valence-electron chi connectivity index (χ3n) is 3.77. The lowest BCUT2D eigenvalue weighted by Crippen LogP contribution is -2.26. The molecule has 0 spiro atoms. The Hall–Kier alpha value is -0.410. The fourth-order valence-electron chi connectivity index (χ4n) is 2.84. The zero-order valence-electron chi connectivity index (χ0n) is 11.0. The summed E-state index contributed by atoms with van der Waals surface area (Å²) in [6, 6.07) is 5.27. The van der Waals surface area contributed by atoms with Crippen LogP contribution in [-0.4, -0.2) is 18.5 Å². The van der Waals surface area contributed by atoms with Crippen LogP contribution in [-0.2, 0) is 6.54 Å². The van der Waals surface area contributed by atoms with E-state index < -0.39 is 0 Å². The van der Waals surface area contributed by atoms with Crippen LogP contribution in [0.4, 0.5) is 4.39 Å². The molecular weight excluding hydrogens is 293 g/mol. The van der Waals surface area contributed by atoms with Crippen molar-refractivity contribution < 1.29 is 4.39 Å². The molecule has 18 heavy (non-hydrogen) atoms. The third-order valence-corrected chi connectivity index (χ3v) is 4.65. The van der Waals surface area contributed by atoms with E-state index in [-0.39, 0.29) is 5.82 Å². The van der Waals surface area contributed by atoms with E-state index in [9.17, 15) is 4.39 Å². The van der Waals surface area contributed by atoms with Crippen LogP contribution in [0.5, 0.6) is 0 Å². The van der Waals surface area contributed by atoms with E-state index in [0.717, 1.165) is 24.6 Å². The van der Waals surface area contributed by atoms with Crippen LogP contribution in [0.3, 0.4) is 0 Å². The fourth-order valence-corrected chi connectivity index (χ4v) is 3.23. The molecule has 0 aliphatic heterocycles. The van der Waals surface area contributed by atoms with E-state index in [1.807, 2.05) is 6.07 Å². The number of nitrogens with zero attached hydrogens (tertiary/aromatic N) is 1. The Labute approximate surface area is 118 Å². The zero-order chi connectivity index (χ0) is 13.0. The van der Waals surface area contributed by atoms with Crippen LogP contribution in [0.1, 0.15) is 37.7 Å². The largest absolute Gasteiger partial charge is 0.302 e. The van der Waals surface area contributed by atoms with E-state index in [2.05, 4.69) is 27.9 Å². The number of hydrogen-bond donors (Lipinski definition) is 0. The van der Waals surface area contributed by atoms with E-state index in [4.69, 9.17) is 0 Å². The van der Waals surface area contributed by atoms with Gasteiger partial charge in [0, 0.05) is 13.1 Å². The Morgan fingerprint density at radius 3 is 2.72 bits per heavy atom.